The lowest BCUT2D eigenvalue weighted by Gasteiger charge is -2.21. The monoisotopic (exact) mass is 282 g/mol. The fourth-order valence-corrected chi connectivity index (χ4v) is 3.08. The maximum absolute atomic E-state index is 5.45. The Labute approximate surface area is 126 Å². The lowest BCUT2D eigenvalue weighted by molar-refractivity contribution is 0.408. The molecule has 1 heterocycles. The number of ether oxygens (including phenoxy) is 1. The first kappa shape index (κ1) is 14.1. The van der Waals surface area contributed by atoms with Crippen LogP contribution in [0.3, 0.4) is 0 Å². The average molecular weight is 282 g/mol. The Morgan fingerprint density at radius 1 is 1.24 bits per heavy atom. The minimum Gasteiger partial charge on any atom is -0.496 e. The second-order valence-electron chi connectivity index (χ2n) is 5.43. The van der Waals surface area contributed by atoms with Crippen molar-refractivity contribution in [3.8, 4) is 16.9 Å². The van der Waals surface area contributed by atoms with Gasteiger partial charge >= 0.3 is 0 Å². The molecule has 1 aliphatic heterocycles. The van der Waals surface area contributed by atoms with Crippen LogP contribution in [0.15, 0.2) is 36.4 Å². The second kappa shape index (κ2) is 6.29. The number of rotatable bonds is 4. The normalized spacial score (nSPS) is 13.8. The van der Waals surface area contributed by atoms with Gasteiger partial charge in [0.15, 0.2) is 0 Å². The molecule has 2 N–H and O–H groups in total. The third-order valence-corrected chi connectivity index (χ3v) is 4.10. The van der Waals surface area contributed by atoms with Crippen molar-refractivity contribution in [1.29, 1.82) is 0 Å². The summed E-state index contributed by atoms with van der Waals surface area (Å²) in [6.45, 7) is 2.85. The van der Waals surface area contributed by atoms with E-state index in [9.17, 15) is 0 Å². The van der Waals surface area contributed by atoms with Crippen molar-refractivity contribution < 1.29 is 4.74 Å². The molecule has 21 heavy (non-hydrogen) atoms. The van der Waals surface area contributed by atoms with Crippen LogP contribution >= 0.6 is 0 Å². The molecule has 0 amide bonds. The predicted octanol–water partition coefficient (Wildman–Crippen LogP) is 2.73. The molecule has 3 heteroatoms. The zero-order valence-electron chi connectivity index (χ0n) is 12.7. The van der Waals surface area contributed by atoms with Crippen LogP contribution in [0, 0.1) is 0 Å². The average Bonchev–Trinajstić information content (AvgIpc) is 2.54. The molecule has 0 spiro atoms. The number of methoxy groups -OCH3 is 1. The first-order chi connectivity index (χ1) is 10.3. The summed E-state index contributed by atoms with van der Waals surface area (Å²) in [4.78, 5) is 0. The molecule has 2 aromatic carbocycles. The Hall–Kier alpha value is -1.84. The van der Waals surface area contributed by atoms with Gasteiger partial charge in [-0.2, -0.15) is 0 Å². The zero-order valence-corrected chi connectivity index (χ0v) is 12.7. The summed E-state index contributed by atoms with van der Waals surface area (Å²) in [5.41, 5.74) is 6.74. The molecule has 0 aliphatic carbocycles. The van der Waals surface area contributed by atoms with Gasteiger partial charge in [0.1, 0.15) is 5.75 Å². The van der Waals surface area contributed by atoms with Gasteiger partial charge in [0.05, 0.1) is 7.11 Å². The number of hydrogen-bond donors (Lipinski definition) is 2. The molecule has 3 nitrogen and oxygen atoms in total. The van der Waals surface area contributed by atoms with Crippen molar-refractivity contribution in [2.75, 3.05) is 20.7 Å². The minimum absolute atomic E-state index is 0.813. The van der Waals surface area contributed by atoms with E-state index in [2.05, 4.69) is 47.0 Å². The highest BCUT2D eigenvalue weighted by molar-refractivity contribution is 5.71. The summed E-state index contributed by atoms with van der Waals surface area (Å²) in [5, 5.41) is 6.65. The third-order valence-electron chi connectivity index (χ3n) is 4.10. The largest absolute Gasteiger partial charge is 0.496 e. The molecule has 0 atom stereocenters. The first-order valence-electron chi connectivity index (χ1n) is 7.47. The van der Waals surface area contributed by atoms with Gasteiger partial charge in [-0.05, 0) is 54.4 Å². The molecule has 2 aromatic rings. The van der Waals surface area contributed by atoms with Crippen molar-refractivity contribution in [3.05, 3.63) is 53.1 Å². The Morgan fingerprint density at radius 3 is 2.95 bits per heavy atom. The van der Waals surface area contributed by atoms with Crippen LogP contribution in [-0.2, 0) is 19.5 Å². The van der Waals surface area contributed by atoms with E-state index < -0.39 is 0 Å². The fourth-order valence-electron chi connectivity index (χ4n) is 3.08. The molecule has 0 bridgehead atoms. The van der Waals surface area contributed by atoms with E-state index in [1.54, 1.807) is 7.11 Å². The number of fused-ring (bicyclic) bond motifs is 1. The zero-order chi connectivity index (χ0) is 14.7. The van der Waals surface area contributed by atoms with E-state index in [1.165, 1.54) is 27.8 Å². The van der Waals surface area contributed by atoms with Gasteiger partial charge in [-0.1, -0.05) is 24.3 Å². The van der Waals surface area contributed by atoms with Crippen molar-refractivity contribution in [2.24, 2.45) is 0 Å². The van der Waals surface area contributed by atoms with E-state index in [0.717, 1.165) is 31.8 Å². The molecule has 0 unspecified atom stereocenters. The Bertz CT molecular complexity index is 637. The van der Waals surface area contributed by atoms with Crippen molar-refractivity contribution in [1.82, 2.24) is 10.6 Å². The maximum Gasteiger partial charge on any atom is 0.123 e. The van der Waals surface area contributed by atoms with Crippen LogP contribution < -0.4 is 15.4 Å². The van der Waals surface area contributed by atoms with E-state index in [4.69, 9.17) is 4.74 Å². The van der Waals surface area contributed by atoms with Crippen LogP contribution in [0.2, 0.25) is 0 Å². The van der Waals surface area contributed by atoms with Crippen LogP contribution in [0.5, 0.6) is 5.75 Å². The summed E-state index contributed by atoms with van der Waals surface area (Å²) in [6.07, 6.45) is 1.10. The van der Waals surface area contributed by atoms with Gasteiger partial charge in [-0.3, -0.25) is 0 Å². The Morgan fingerprint density at radius 2 is 2.14 bits per heavy atom. The van der Waals surface area contributed by atoms with E-state index in [-0.39, 0.29) is 0 Å². The Balaban J connectivity index is 2.06. The van der Waals surface area contributed by atoms with Crippen LogP contribution in [-0.4, -0.2) is 20.7 Å². The van der Waals surface area contributed by atoms with E-state index >= 15 is 0 Å². The van der Waals surface area contributed by atoms with Crippen LogP contribution in [0.1, 0.15) is 16.7 Å². The van der Waals surface area contributed by atoms with E-state index in [1.807, 2.05) is 7.05 Å². The quantitative estimate of drug-likeness (QED) is 0.904. The molecule has 110 valence electrons. The number of nitrogens with one attached hydrogen (secondary N) is 2. The van der Waals surface area contributed by atoms with Gasteiger partial charge in [-0.15, -0.1) is 0 Å². The fraction of sp³-hybridized carbons (Fsp3) is 0.333. The second-order valence-corrected chi connectivity index (χ2v) is 5.43. The summed E-state index contributed by atoms with van der Waals surface area (Å²) in [7, 11) is 3.69. The first-order valence-corrected chi connectivity index (χ1v) is 7.47. The van der Waals surface area contributed by atoms with Crippen LogP contribution in [0.4, 0.5) is 0 Å². The summed E-state index contributed by atoms with van der Waals surface area (Å²) in [5.74, 6) is 0.944. The minimum atomic E-state index is 0.813. The topological polar surface area (TPSA) is 33.3 Å². The van der Waals surface area contributed by atoms with Crippen molar-refractivity contribution in [3.63, 3.8) is 0 Å². The summed E-state index contributed by atoms with van der Waals surface area (Å²) in [6, 6.07) is 13.1. The number of hydrogen-bond acceptors (Lipinski definition) is 3. The molecule has 0 saturated carbocycles. The summed E-state index contributed by atoms with van der Waals surface area (Å²) < 4.78 is 5.45. The highest BCUT2D eigenvalue weighted by atomic mass is 16.5. The third kappa shape index (κ3) is 2.80. The highest BCUT2D eigenvalue weighted by Crippen LogP contribution is 2.31. The van der Waals surface area contributed by atoms with Gasteiger partial charge in [-0.25, -0.2) is 0 Å². The van der Waals surface area contributed by atoms with E-state index in [0.29, 0.717) is 0 Å². The molecule has 0 fully saturated rings. The van der Waals surface area contributed by atoms with Gasteiger partial charge in [0.2, 0.25) is 0 Å². The maximum atomic E-state index is 5.45. The molecular weight excluding hydrogens is 260 g/mol. The lowest BCUT2D eigenvalue weighted by atomic mass is 9.90. The van der Waals surface area contributed by atoms with Crippen LogP contribution in [0.25, 0.3) is 11.1 Å². The standard InChI is InChI=1S/C18H22N2O/c1-19-11-15-10-13(6-7-18(15)21-2)16-5-3-4-14-12-20-9-8-17(14)16/h3-7,10,19-20H,8-9,11-12H2,1-2H3. The SMILES string of the molecule is CNCc1cc(-c2cccc3c2CCNC3)ccc1OC. The van der Waals surface area contributed by atoms with Crippen molar-refractivity contribution >= 4 is 0 Å². The molecule has 0 radical (unpaired) electrons. The van der Waals surface area contributed by atoms with Crippen molar-refractivity contribution in [2.45, 2.75) is 19.5 Å². The highest BCUT2D eigenvalue weighted by Gasteiger charge is 2.14. The van der Waals surface area contributed by atoms with Gasteiger partial charge < -0.3 is 15.4 Å². The predicted molar refractivity (Wildman–Crippen MR) is 86.6 cm³/mol. The molecule has 3 rings (SSSR count). The molecule has 0 aromatic heterocycles. The Kier molecular flexibility index (Phi) is 4.23. The lowest BCUT2D eigenvalue weighted by Crippen LogP contribution is -2.24. The van der Waals surface area contributed by atoms with Gasteiger partial charge in [0.25, 0.3) is 0 Å². The summed E-state index contributed by atoms with van der Waals surface area (Å²) >= 11 is 0. The molecule has 1 aliphatic rings. The number of benzene rings is 2. The smallest absolute Gasteiger partial charge is 0.123 e. The van der Waals surface area contributed by atoms with Gasteiger partial charge in [0, 0.05) is 18.7 Å². The molecule has 0 saturated heterocycles. The molecular formula is C18H22N2O.